The molecule has 73 heavy (non-hydrogen) atoms. The molecule has 2 aliphatic heterocycles. The molecule has 0 bridgehead atoms. The van der Waals surface area contributed by atoms with Gasteiger partial charge in [0.25, 0.3) is 0 Å². The van der Waals surface area contributed by atoms with E-state index in [4.69, 9.17) is 18.9 Å². The Morgan fingerprint density at radius 1 is 0.507 bits per heavy atom. The molecule has 0 aromatic carbocycles. The number of allylic oxidation sites excluding steroid dienone is 13. The van der Waals surface area contributed by atoms with E-state index < -0.39 is 86.8 Å². The van der Waals surface area contributed by atoms with Gasteiger partial charge in [0.05, 0.1) is 32.0 Å². The summed E-state index contributed by atoms with van der Waals surface area (Å²) in [5, 5.41) is 86.9. The Balaban J connectivity index is 1.84. The predicted molar refractivity (Wildman–Crippen MR) is 290 cm³/mol. The van der Waals surface area contributed by atoms with E-state index in [-0.39, 0.29) is 18.9 Å². The number of carbonyl (C=O) groups excluding carboxylic acids is 1. The lowest BCUT2D eigenvalue weighted by atomic mass is 9.97. The molecule has 14 heteroatoms. The van der Waals surface area contributed by atoms with E-state index in [1.807, 2.05) is 12.2 Å². The minimum Gasteiger partial charge on any atom is -0.394 e. The molecule has 2 fully saturated rings. The van der Waals surface area contributed by atoms with Gasteiger partial charge in [-0.1, -0.05) is 195 Å². The fourth-order valence-electron chi connectivity index (χ4n) is 8.75. The minimum absolute atomic E-state index is 0.191. The zero-order chi connectivity index (χ0) is 53.2. The van der Waals surface area contributed by atoms with Gasteiger partial charge >= 0.3 is 0 Å². The van der Waals surface area contributed by atoms with E-state index in [1.54, 1.807) is 6.08 Å². The summed E-state index contributed by atoms with van der Waals surface area (Å²) in [5.74, 6) is -0.309. The van der Waals surface area contributed by atoms with E-state index in [1.165, 1.54) is 103 Å². The van der Waals surface area contributed by atoms with Crippen LogP contribution in [0, 0.1) is 0 Å². The van der Waals surface area contributed by atoms with E-state index in [9.17, 15) is 45.6 Å². The van der Waals surface area contributed by atoms with Crippen molar-refractivity contribution in [1.82, 2.24) is 5.32 Å². The van der Waals surface area contributed by atoms with Gasteiger partial charge in [-0.3, -0.25) is 4.79 Å². The largest absolute Gasteiger partial charge is 0.394 e. The lowest BCUT2D eigenvalue weighted by Gasteiger charge is -2.46. The SMILES string of the molecule is CC/C=C\C/C=C\C/C=C\C/C=C\C/C=C\CCCC(=O)NC(COC1OC(CO)C(OC2OC(CO)C(O)C(O)C2O)C(O)C1O)C(O)/C=C/CC/C=C/CCCCCCCCCCCCCCCCCC. The van der Waals surface area contributed by atoms with Crippen LogP contribution in [0.2, 0.25) is 0 Å². The van der Waals surface area contributed by atoms with Crippen molar-refractivity contribution < 1.29 is 64.6 Å². The number of nitrogens with one attached hydrogen (secondary N) is 1. The van der Waals surface area contributed by atoms with Crippen molar-refractivity contribution in [2.24, 2.45) is 0 Å². The van der Waals surface area contributed by atoms with E-state index in [2.05, 4.69) is 86.0 Å². The molecule has 0 aromatic heterocycles. The van der Waals surface area contributed by atoms with Gasteiger partial charge in [0.15, 0.2) is 12.6 Å². The van der Waals surface area contributed by atoms with Gasteiger partial charge in [0.2, 0.25) is 5.91 Å². The third-order valence-electron chi connectivity index (χ3n) is 13.3. The summed E-state index contributed by atoms with van der Waals surface area (Å²) in [6.07, 6.45) is 42.0. The van der Waals surface area contributed by atoms with Crippen molar-refractivity contribution in [1.29, 1.82) is 0 Å². The third-order valence-corrected chi connectivity index (χ3v) is 13.3. The summed E-state index contributed by atoms with van der Waals surface area (Å²) in [6.45, 7) is 2.61. The minimum atomic E-state index is -1.80. The zero-order valence-electron chi connectivity index (χ0n) is 44.8. The van der Waals surface area contributed by atoms with Crippen molar-refractivity contribution in [2.75, 3.05) is 19.8 Å². The Bertz CT molecular complexity index is 1550. The van der Waals surface area contributed by atoms with E-state index in [0.29, 0.717) is 19.3 Å². The van der Waals surface area contributed by atoms with Crippen LogP contribution < -0.4 is 5.32 Å². The molecule has 0 aliphatic carbocycles. The second-order valence-corrected chi connectivity index (χ2v) is 19.7. The predicted octanol–water partition coefficient (Wildman–Crippen LogP) is 8.94. The lowest BCUT2D eigenvalue weighted by molar-refractivity contribution is -0.359. The quantitative estimate of drug-likeness (QED) is 0.0206. The van der Waals surface area contributed by atoms with Gasteiger partial charge in [-0.2, -0.15) is 0 Å². The number of carbonyl (C=O) groups is 1. The fraction of sp³-hybridized carbons (Fsp3) is 0.746. The van der Waals surface area contributed by atoms with Crippen molar-refractivity contribution in [3.63, 3.8) is 0 Å². The first-order valence-electron chi connectivity index (χ1n) is 28.3. The van der Waals surface area contributed by atoms with Gasteiger partial charge in [0, 0.05) is 6.42 Å². The van der Waals surface area contributed by atoms with Gasteiger partial charge in [0.1, 0.15) is 48.8 Å². The Morgan fingerprint density at radius 2 is 0.959 bits per heavy atom. The number of hydrogen-bond donors (Lipinski definition) is 9. The highest BCUT2D eigenvalue weighted by Gasteiger charge is 2.51. The first-order valence-corrected chi connectivity index (χ1v) is 28.3. The summed E-state index contributed by atoms with van der Waals surface area (Å²) < 4.78 is 22.7. The van der Waals surface area contributed by atoms with Crippen molar-refractivity contribution in [2.45, 2.75) is 261 Å². The van der Waals surface area contributed by atoms with Crippen LogP contribution in [0.1, 0.15) is 187 Å². The Labute approximate surface area is 440 Å². The maximum absolute atomic E-state index is 13.2. The number of amides is 1. The molecule has 0 radical (unpaired) electrons. The first-order chi connectivity index (χ1) is 35.6. The first kappa shape index (κ1) is 66.3. The normalized spacial score (nSPS) is 26.1. The number of ether oxygens (including phenoxy) is 4. The molecule has 12 unspecified atom stereocenters. The van der Waals surface area contributed by atoms with Crippen LogP contribution in [0.25, 0.3) is 0 Å². The standard InChI is InChI=1S/C59H101NO13/c1-3-5-7-9-11-13-15-17-19-21-22-23-24-25-27-28-30-32-34-36-38-40-42-48(63)47(60-51(64)43-41-39-37-35-33-31-29-26-20-18-16-14-12-10-8-6-4-2)46-70-58-56(69)54(67)57(50(45-62)72-58)73-59-55(68)53(66)52(65)49(44-61)71-59/h6,8,12,14,18,20,29,31-32,34-35,37,40,42,47-50,52-59,61-63,65-69H,3-5,7,9-11,13,15-17,19,21-28,30,33,36,38-39,41,43-46H2,1-2H3,(H,60,64)/b8-6-,14-12-,20-18-,31-29-,34-32+,37-35-,42-40+. The molecule has 9 N–H and O–H groups in total. The van der Waals surface area contributed by atoms with E-state index in [0.717, 1.165) is 44.9 Å². The molecule has 2 aliphatic rings. The highest BCUT2D eigenvalue weighted by molar-refractivity contribution is 5.76. The molecule has 2 rings (SSSR count). The molecule has 0 aromatic rings. The molecule has 12 atom stereocenters. The maximum Gasteiger partial charge on any atom is 0.220 e. The number of aliphatic hydroxyl groups is 8. The Kier molecular flexibility index (Phi) is 40.2. The molecule has 0 saturated carbocycles. The number of unbranched alkanes of at least 4 members (excludes halogenated alkanes) is 18. The summed E-state index contributed by atoms with van der Waals surface area (Å²) in [6, 6.07) is -0.966. The number of aliphatic hydroxyl groups excluding tert-OH is 8. The average molecular weight is 1030 g/mol. The summed E-state index contributed by atoms with van der Waals surface area (Å²) in [4.78, 5) is 13.2. The highest BCUT2D eigenvalue weighted by atomic mass is 16.7. The van der Waals surface area contributed by atoms with Gasteiger partial charge in [-0.05, 0) is 70.6 Å². The molecule has 1 amide bonds. The summed E-state index contributed by atoms with van der Waals surface area (Å²) in [5.41, 5.74) is 0. The lowest BCUT2D eigenvalue weighted by Crippen LogP contribution is -2.65. The smallest absolute Gasteiger partial charge is 0.220 e. The van der Waals surface area contributed by atoms with Crippen LogP contribution >= 0.6 is 0 Å². The summed E-state index contributed by atoms with van der Waals surface area (Å²) >= 11 is 0. The molecule has 2 heterocycles. The van der Waals surface area contributed by atoms with Crippen LogP contribution in [0.3, 0.4) is 0 Å². The molecule has 420 valence electrons. The third kappa shape index (κ3) is 30.5. The van der Waals surface area contributed by atoms with Crippen LogP contribution in [-0.4, -0.2) is 140 Å². The fourth-order valence-corrected chi connectivity index (χ4v) is 8.75. The second-order valence-electron chi connectivity index (χ2n) is 19.7. The summed E-state index contributed by atoms with van der Waals surface area (Å²) in [7, 11) is 0. The van der Waals surface area contributed by atoms with Gasteiger partial charge < -0.3 is 65.1 Å². The maximum atomic E-state index is 13.2. The van der Waals surface area contributed by atoms with Crippen LogP contribution in [-0.2, 0) is 23.7 Å². The molecule has 14 nitrogen and oxygen atoms in total. The highest BCUT2D eigenvalue weighted by Crippen LogP contribution is 2.30. The van der Waals surface area contributed by atoms with Gasteiger partial charge in [-0.15, -0.1) is 0 Å². The number of rotatable bonds is 43. The van der Waals surface area contributed by atoms with Crippen LogP contribution in [0.15, 0.2) is 85.1 Å². The van der Waals surface area contributed by atoms with Gasteiger partial charge in [-0.25, -0.2) is 0 Å². The Hall–Kier alpha value is -2.83. The zero-order valence-corrected chi connectivity index (χ0v) is 44.8. The van der Waals surface area contributed by atoms with Crippen molar-refractivity contribution >= 4 is 5.91 Å². The van der Waals surface area contributed by atoms with Crippen molar-refractivity contribution in [3.05, 3.63) is 85.1 Å². The Morgan fingerprint density at radius 3 is 1.51 bits per heavy atom. The molecular formula is C59H101NO13. The van der Waals surface area contributed by atoms with Crippen LogP contribution in [0.4, 0.5) is 0 Å². The topological polar surface area (TPSA) is 228 Å². The second kappa shape index (κ2) is 44.3. The molecule has 0 spiro atoms. The average Bonchev–Trinajstić information content (AvgIpc) is 3.39. The van der Waals surface area contributed by atoms with E-state index >= 15 is 0 Å². The molecular weight excluding hydrogens is 931 g/mol. The number of hydrogen-bond acceptors (Lipinski definition) is 13. The molecule has 2 saturated heterocycles. The van der Waals surface area contributed by atoms with Crippen LogP contribution in [0.5, 0.6) is 0 Å². The monoisotopic (exact) mass is 1030 g/mol. The van der Waals surface area contributed by atoms with Crippen molar-refractivity contribution in [3.8, 4) is 0 Å².